The molecule has 1 aromatic heterocycles. The summed E-state index contributed by atoms with van der Waals surface area (Å²) in [5.41, 5.74) is 2.26. The molecule has 5 heteroatoms. The average Bonchev–Trinajstić information content (AvgIpc) is 2.47. The van der Waals surface area contributed by atoms with Crippen molar-refractivity contribution in [2.24, 2.45) is 0 Å². The predicted molar refractivity (Wildman–Crippen MR) is 84.3 cm³/mol. The summed E-state index contributed by atoms with van der Waals surface area (Å²) in [6.07, 6.45) is 0. The van der Waals surface area contributed by atoms with Gasteiger partial charge in [-0.25, -0.2) is 9.97 Å². The van der Waals surface area contributed by atoms with E-state index in [9.17, 15) is 0 Å². The standard InChI is InChI=1S/C16H20N4O/c1-12-4-3-5-14(10-12)19-15-11-16(18-13(2)17-15)20-6-8-21-9-7-20/h3-5,10-11H,6-9H2,1-2H3,(H,17,18,19). The van der Waals surface area contributed by atoms with Gasteiger partial charge in [0.1, 0.15) is 17.5 Å². The second-order valence-electron chi connectivity index (χ2n) is 5.25. The van der Waals surface area contributed by atoms with E-state index < -0.39 is 0 Å². The van der Waals surface area contributed by atoms with Crippen LogP contribution in [0.1, 0.15) is 11.4 Å². The molecular formula is C16H20N4O. The molecule has 110 valence electrons. The van der Waals surface area contributed by atoms with Gasteiger partial charge >= 0.3 is 0 Å². The zero-order chi connectivity index (χ0) is 14.7. The van der Waals surface area contributed by atoms with Gasteiger partial charge in [0, 0.05) is 24.8 Å². The minimum absolute atomic E-state index is 0.754. The molecule has 0 spiro atoms. The van der Waals surface area contributed by atoms with Gasteiger partial charge in [-0.2, -0.15) is 0 Å². The van der Waals surface area contributed by atoms with Crippen molar-refractivity contribution in [3.63, 3.8) is 0 Å². The summed E-state index contributed by atoms with van der Waals surface area (Å²) in [5.74, 6) is 2.56. The molecule has 0 radical (unpaired) electrons. The number of rotatable bonds is 3. The number of benzene rings is 1. The SMILES string of the molecule is Cc1cccc(Nc2cc(N3CCOCC3)nc(C)n2)c1. The third-order valence-electron chi connectivity index (χ3n) is 3.45. The van der Waals surface area contributed by atoms with E-state index in [1.165, 1.54) is 5.56 Å². The van der Waals surface area contributed by atoms with Gasteiger partial charge in [0.15, 0.2) is 0 Å². The van der Waals surface area contributed by atoms with Crippen LogP contribution in [-0.4, -0.2) is 36.3 Å². The summed E-state index contributed by atoms with van der Waals surface area (Å²) in [5, 5.41) is 3.36. The van der Waals surface area contributed by atoms with Gasteiger partial charge in [-0.15, -0.1) is 0 Å². The number of nitrogens with zero attached hydrogens (tertiary/aromatic N) is 3. The Balaban J connectivity index is 1.83. The van der Waals surface area contributed by atoms with Crippen LogP contribution >= 0.6 is 0 Å². The van der Waals surface area contributed by atoms with Crippen LogP contribution in [0, 0.1) is 13.8 Å². The summed E-state index contributed by atoms with van der Waals surface area (Å²) in [6.45, 7) is 7.26. The molecule has 0 atom stereocenters. The maximum Gasteiger partial charge on any atom is 0.136 e. The van der Waals surface area contributed by atoms with Crippen LogP contribution < -0.4 is 10.2 Å². The number of anilines is 3. The van der Waals surface area contributed by atoms with Crippen LogP contribution in [0.25, 0.3) is 0 Å². The van der Waals surface area contributed by atoms with Crippen LogP contribution in [-0.2, 0) is 4.74 Å². The predicted octanol–water partition coefficient (Wildman–Crippen LogP) is 2.67. The molecule has 2 aromatic rings. The van der Waals surface area contributed by atoms with Crippen LogP contribution in [0.2, 0.25) is 0 Å². The van der Waals surface area contributed by atoms with Crippen LogP contribution in [0.4, 0.5) is 17.3 Å². The lowest BCUT2D eigenvalue weighted by atomic mass is 10.2. The third kappa shape index (κ3) is 3.49. The minimum Gasteiger partial charge on any atom is -0.378 e. The van der Waals surface area contributed by atoms with E-state index >= 15 is 0 Å². The zero-order valence-electron chi connectivity index (χ0n) is 12.5. The Morgan fingerprint density at radius 1 is 1.10 bits per heavy atom. The molecule has 0 aliphatic carbocycles. The van der Waals surface area contributed by atoms with E-state index in [0.29, 0.717) is 0 Å². The van der Waals surface area contributed by atoms with Crippen molar-refractivity contribution in [2.45, 2.75) is 13.8 Å². The quantitative estimate of drug-likeness (QED) is 0.939. The van der Waals surface area contributed by atoms with Gasteiger partial charge in [-0.1, -0.05) is 12.1 Å². The molecule has 1 saturated heterocycles. The van der Waals surface area contributed by atoms with Gasteiger partial charge in [-0.05, 0) is 31.5 Å². The largest absolute Gasteiger partial charge is 0.378 e. The van der Waals surface area contributed by atoms with Gasteiger partial charge in [0.05, 0.1) is 13.2 Å². The normalized spacial score (nSPS) is 15.0. The fraction of sp³-hybridized carbons (Fsp3) is 0.375. The Morgan fingerprint density at radius 2 is 1.90 bits per heavy atom. The van der Waals surface area contributed by atoms with Crippen molar-refractivity contribution in [3.05, 3.63) is 41.7 Å². The molecule has 0 unspecified atom stereocenters. The highest BCUT2D eigenvalue weighted by molar-refractivity contribution is 5.60. The lowest BCUT2D eigenvalue weighted by Crippen LogP contribution is -2.36. The Morgan fingerprint density at radius 3 is 2.67 bits per heavy atom. The van der Waals surface area contributed by atoms with Crippen molar-refractivity contribution < 1.29 is 4.74 Å². The monoisotopic (exact) mass is 284 g/mol. The van der Waals surface area contributed by atoms with Crippen molar-refractivity contribution in [3.8, 4) is 0 Å². The maximum absolute atomic E-state index is 5.39. The highest BCUT2D eigenvalue weighted by Gasteiger charge is 2.14. The molecule has 1 aliphatic rings. The van der Waals surface area contributed by atoms with Gasteiger partial charge < -0.3 is 15.0 Å². The smallest absolute Gasteiger partial charge is 0.136 e. The van der Waals surface area contributed by atoms with Crippen molar-refractivity contribution >= 4 is 17.3 Å². The number of hydrogen-bond acceptors (Lipinski definition) is 5. The lowest BCUT2D eigenvalue weighted by molar-refractivity contribution is 0.122. The summed E-state index contributed by atoms with van der Waals surface area (Å²) in [4.78, 5) is 11.2. The molecule has 5 nitrogen and oxygen atoms in total. The third-order valence-corrected chi connectivity index (χ3v) is 3.45. The number of nitrogens with one attached hydrogen (secondary N) is 1. The topological polar surface area (TPSA) is 50.3 Å². The van der Waals surface area contributed by atoms with Gasteiger partial charge in [0.25, 0.3) is 0 Å². The highest BCUT2D eigenvalue weighted by Crippen LogP contribution is 2.21. The number of morpholine rings is 1. The van der Waals surface area contributed by atoms with Crippen LogP contribution in [0.15, 0.2) is 30.3 Å². The first-order valence-electron chi connectivity index (χ1n) is 7.23. The maximum atomic E-state index is 5.39. The van der Waals surface area contributed by atoms with Crippen LogP contribution in [0.5, 0.6) is 0 Å². The Kier molecular flexibility index (Phi) is 4.01. The molecule has 0 saturated carbocycles. The van der Waals surface area contributed by atoms with E-state index in [1.807, 2.05) is 25.1 Å². The molecule has 2 heterocycles. The number of ether oxygens (including phenoxy) is 1. The van der Waals surface area contributed by atoms with E-state index in [4.69, 9.17) is 4.74 Å². The molecule has 3 rings (SSSR count). The molecule has 0 amide bonds. The zero-order valence-corrected chi connectivity index (χ0v) is 12.5. The van der Waals surface area contributed by atoms with E-state index in [1.54, 1.807) is 0 Å². The second kappa shape index (κ2) is 6.10. The number of hydrogen-bond donors (Lipinski definition) is 1. The number of aryl methyl sites for hydroxylation is 2. The molecular weight excluding hydrogens is 264 g/mol. The Hall–Kier alpha value is -2.14. The van der Waals surface area contributed by atoms with E-state index in [-0.39, 0.29) is 0 Å². The van der Waals surface area contributed by atoms with Crippen molar-refractivity contribution in [1.82, 2.24) is 9.97 Å². The summed E-state index contributed by atoms with van der Waals surface area (Å²) in [6, 6.07) is 10.3. The van der Waals surface area contributed by atoms with Gasteiger partial charge in [0.2, 0.25) is 0 Å². The van der Waals surface area contributed by atoms with E-state index in [0.717, 1.165) is 49.5 Å². The fourth-order valence-corrected chi connectivity index (χ4v) is 2.44. The highest BCUT2D eigenvalue weighted by atomic mass is 16.5. The first-order chi connectivity index (χ1) is 10.2. The Labute approximate surface area is 125 Å². The number of aromatic nitrogens is 2. The molecule has 1 fully saturated rings. The Bertz CT molecular complexity index is 623. The van der Waals surface area contributed by atoms with E-state index in [2.05, 4.69) is 39.2 Å². The molecule has 21 heavy (non-hydrogen) atoms. The molecule has 0 bridgehead atoms. The van der Waals surface area contributed by atoms with Gasteiger partial charge in [-0.3, -0.25) is 0 Å². The van der Waals surface area contributed by atoms with Crippen molar-refractivity contribution in [1.29, 1.82) is 0 Å². The molecule has 1 aliphatic heterocycles. The summed E-state index contributed by atoms with van der Waals surface area (Å²) >= 11 is 0. The van der Waals surface area contributed by atoms with Crippen LogP contribution in [0.3, 0.4) is 0 Å². The molecule has 1 aromatic carbocycles. The molecule has 1 N–H and O–H groups in total. The lowest BCUT2D eigenvalue weighted by Gasteiger charge is -2.28. The summed E-state index contributed by atoms with van der Waals surface area (Å²) in [7, 11) is 0. The fourth-order valence-electron chi connectivity index (χ4n) is 2.44. The second-order valence-corrected chi connectivity index (χ2v) is 5.25. The summed E-state index contributed by atoms with van der Waals surface area (Å²) < 4.78 is 5.39. The first-order valence-corrected chi connectivity index (χ1v) is 7.23. The van der Waals surface area contributed by atoms with Crippen molar-refractivity contribution in [2.75, 3.05) is 36.5 Å². The minimum atomic E-state index is 0.754. The average molecular weight is 284 g/mol. The first kappa shape index (κ1) is 13.8.